The summed E-state index contributed by atoms with van der Waals surface area (Å²) in [5.74, 6) is 0. The van der Waals surface area contributed by atoms with E-state index in [4.69, 9.17) is 4.74 Å². The van der Waals surface area contributed by atoms with Crippen LogP contribution in [0.5, 0.6) is 0 Å². The third kappa shape index (κ3) is 4.26. The fraction of sp³-hybridized carbons (Fsp3) is 0.429. The number of carbonyl (C=O) groups is 2. The van der Waals surface area contributed by atoms with Crippen LogP contribution in [0.15, 0.2) is 24.3 Å². The number of hydrogen-bond acceptors (Lipinski definition) is 6. The van der Waals surface area contributed by atoms with Crippen LogP contribution in [0.3, 0.4) is 0 Å². The van der Waals surface area contributed by atoms with Gasteiger partial charge in [-0.1, -0.05) is 0 Å². The highest BCUT2D eigenvalue weighted by atomic mass is 16.6. The number of amides is 1. The quantitative estimate of drug-likeness (QED) is 0.458. The van der Waals surface area contributed by atoms with Crippen LogP contribution in [0, 0.1) is 10.1 Å². The number of nitro benzene ring substituents is 1. The molecule has 0 atom stereocenters. The van der Waals surface area contributed by atoms with Crippen LogP contribution in [0.25, 0.3) is 0 Å². The van der Waals surface area contributed by atoms with E-state index in [1.807, 2.05) is 4.90 Å². The van der Waals surface area contributed by atoms with Crippen molar-refractivity contribution in [3.63, 3.8) is 0 Å². The number of ether oxygens (including phenoxy) is 1. The van der Waals surface area contributed by atoms with Crippen molar-refractivity contribution < 1.29 is 19.2 Å². The van der Waals surface area contributed by atoms with Gasteiger partial charge < -0.3 is 14.4 Å². The molecule has 1 aliphatic rings. The molecule has 0 saturated carbocycles. The van der Waals surface area contributed by atoms with E-state index in [0.29, 0.717) is 38.3 Å². The highest BCUT2D eigenvalue weighted by molar-refractivity contribution is 5.67. The molecule has 0 spiro atoms. The van der Waals surface area contributed by atoms with Crippen molar-refractivity contribution in [2.24, 2.45) is 0 Å². The predicted molar refractivity (Wildman–Crippen MR) is 77.4 cm³/mol. The zero-order chi connectivity index (χ0) is 15.9. The second kappa shape index (κ2) is 7.51. The van der Waals surface area contributed by atoms with E-state index in [1.165, 1.54) is 12.1 Å². The summed E-state index contributed by atoms with van der Waals surface area (Å²) in [5, 5.41) is 10.5. The fourth-order valence-electron chi connectivity index (χ4n) is 2.17. The van der Waals surface area contributed by atoms with Crippen molar-refractivity contribution in [2.45, 2.75) is 6.61 Å². The van der Waals surface area contributed by atoms with E-state index in [9.17, 15) is 19.7 Å². The van der Waals surface area contributed by atoms with Crippen molar-refractivity contribution in [2.75, 3.05) is 32.7 Å². The van der Waals surface area contributed by atoms with E-state index in [0.717, 1.165) is 6.29 Å². The van der Waals surface area contributed by atoms with Crippen LogP contribution in [-0.4, -0.2) is 59.8 Å². The Labute approximate surface area is 127 Å². The first-order valence-electron chi connectivity index (χ1n) is 6.91. The van der Waals surface area contributed by atoms with Crippen LogP contribution in [0.1, 0.15) is 5.56 Å². The molecule has 22 heavy (non-hydrogen) atoms. The van der Waals surface area contributed by atoms with E-state index in [2.05, 4.69) is 0 Å². The summed E-state index contributed by atoms with van der Waals surface area (Å²) in [6, 6.07) is 5.88. The van der Waals surface area contributed by atoms with E-state index in [1.54, 1.807) is 17.0 Å². The second-order valence-corrected chi connectivity index (χ2v) is 4.93. The molecule has 2 rings (SSSR count). The summed E-state index contributed by atoms with van der Waals surface area (Å²) < 4.78 is 5.19. The summed E-state index contributed by atoms with van der Waals surface area (Å²) in [4.78, 5) is 36.0. The maximum Gasteiger partial charge on any atom is 0.410 e. The first-order chi connectivity index (χ1) is 10.6. The van der Waals surface area contributed by atoms with Crippen LogP contribution in [0.4, 0.5) is 10.5 Å². The fourth-order valence-corrected chi connectivity index (χ4v) is 2.17. The van der Waals surface area contributed by atoms with Crippen molar-refractivity contribution in [1.29, 1.82) is 0 Å². The Kier molecular flexibility index (Phi) is 5.42. The molecule has 1 saturated heterocycles. The molecule has 8 nitrogen and oxygen atoms in total. The summed E-state index contributed by atoms with van der Waals surface area (Å²) in [5.41, 5.74) is 0.694. The number of hydrogen-bond donors (Lipinski definition) is 0. The van der Waals surface area contributed by atoms with Crippen LogP contribution in [0.2, 0.25) is 0 Å². The summed E-state index contributed by atoms with van der Waals surface area (Å²) in [6.07, 6.45) is 0.437. The normalized spacial score (nSPS) is 15.4. The van der Waals surface area contributed by atoms with Crippen LogP contribution in [-0.2, 0) is 16.1 Å². The van der Waals surface area contributed by atoms with Gasteiger partial charge in [0, 0.05) is 38.3 Å². The minimum absolute atomic E-state index is 0.00127. The Hall–Kier alpha value is -2.48. The van der Waals surface area contributed by atoms with Gasteiger partial charge in [0.2, 0.25) is 0 Å². The SMILES string of the molecule is O=CCN1CCN(C(=O)OCc2ccc([N+](=O)[O-])cc2)CC1. The molecular weight excluding hydrogens is 290 g/mol. The molecule has 0 aromatic heterocycles. The first-order valence-corrected chi connectivity index (χ1v) is 6.91. The monoisotopic (exact) mass is 307 g/mol. The van der Waals surface area contributed by atoms with Crippen LogP contribution >= 0.6 is 0 Å². The lowest BCUT2D eigenvalue weighted by atomic mass is 10.2. The number of nitro groups is 1. The molecule has 1 aromatic carbocycles. The Morgan fingerprint density at radius 2 is 1.86 bits per heavy atom. The minimum atomic E-state index is -0.478. The van der Waals surface area contributed by atoms with Gasteiger partial charge in [-0.2, -0.15) is 0 Å². The van der Waals surface area contributed by atoms with E-state index < -0.39 is 11.0 Å². The average Bonchev–Trinajstić information content (AvgIpc) is 2.54. The summed E-state index contributed by atoms with van der Waals surface area (Å²) >= 11 is 0. The highest BCUT2D eigenvalue weighted by Crippen LogP contribution is 2.13. The smallest absolute Gasteiger partial charge is 0.410 e. The molecule has 118 valence electrons. The molecule has 0 radical (unpaired) electrons. The van der Waals surface area contributed by atoms with E-state index >= 15 is 0 Å². The van der Waals surface area contributed by atoms with Gasteiger partial charge in [-0.05, 0) is 17.7 Å². The Bertz CT molecular complexity index is 538. The lowest BCUT2D eigenvalue weighted by Crippen LogP contribution is -2.49. The molecule has 1 fully saturated rings. The van der Waals surface area contributed by atoms with E-state index in [-0.39, 0.29) is 12.3 Å². The topological polar surface area (TPSA) is 93.0 Å². The number of aldehydes is 1. The number of nitrogens with zero attached hydrogens (tertiary/aromatic N) is 3. The van der Waals surface area contributed by atoms with Gasteiger partial charge in [-0.3, -0.25) is 15.0 Å². The molecule has 0 unspecified atom stereocenters. The van der Waals surface area contributed by atoms with Gasteiger partial charge in [-0.25, -0.2) is 4.79 Å². The average molecular weight is 307 g/mol. The van der Waals surface area contributed by atoms with Crippen molar-refractivity contribution >= 4 is 18.1 Å². The Morgan fingerprint density at radius 3 is 2.41 bits per heavy atom. The summed E-state index contributed by atoms with van der Waals surface area (Å²) in [7, 11) is 0. The third-order valence-electron chi connectivity index (χ3n) is 3.47. The number of piperazine rings is 1. The van der Waals surface area contributed by atoms with Gasteiger partial charge in [0.25, 0.3) is 5.69 Å². The lowest BCUT2D eigenvalue weighted by molar-refractivity contribution is -0.384. The lowest BCUT2D eigenvalue weighted by Gasteiger charge is -2.32. The Morgan fingerprint density at radius 1 is 1.23 bits per heavy atom. The molecule has 1 amide bonds. The zero-order valence-electron chi connectivity index (χ0n) is 12.0. The number of carbonyl (C=O) groups excluding carboxylic acids is 2. The minimum Gasteiger partial charge on any atom is -0.445 e. The largest absolute Gasteiger partial charge is 0.445 e. The van der Waals surface area contributed by atoms with Gasteiger partial charge in [0.1, 0.15) is 12.9 Å². The van der Waals surface area contributed by atoms with Gasteiger partial charge in [0.15, 0.2) is 0 Å². The number of non-ortho nitro benzene ring substituents is 1. The van der Waals surface area contributed by atoms with Crippen molar-refractivity contribution in [3.05, 3.63) is 39.9 Å². The van der Waals surface area contributed by atoms with Gasteiger partial charge in [0.05, 0.1) is 11.5 Å². The maximum absolute atomic E-state index is 11.9. The highest BCUT2D eigenvalue weighted by Gasteiger charge is 2.21. The van der Waals surface area contributed by atoms with Crippen molar-refractivity contribution in [3.8, 4) is 0 Å². The molecule has 8 heteroatoms. The Balaban J connectivity index is 1.78. The number of benzene rings is 1. The van der Waals surface area contributed by atoms with Gasteiger partial charge >= 0.3 is 6.09 Å². The van der Waals surface area contributed by atoms with Crippen LogP contribution < -0.4 is 0 Å². The van der Waals surface area contributed by atoms with Crippen molar-refractivity contribution in [1.82, 2.24) is 9.80 Å². The molecule has 0 bridgehead atoms. The molecule has 0 aliphatic carbocycles. The molecule has 1 aromatic rings. The standard InChI is InChI=1S/C14H17N3O5/c18-10-9-15-5-7-16(8-6-15)14(19)22-11-12-1-3-13(4-2-12)17(20)21/h1-4,10H,5-9,11H2. The van der Waals surface area contributed by atoms with Gasteiger partial charge in [-0.15, -0.1) is 0 Å². The molecule has 1 heterocycles. The maximum atomic E-state index is 11.9. The predicted octanol–water partition coefficient (Wildman–Crippen LogP) is 1.05. The first kappa shape index (κ1) is 15.9. The molecule has 0 N–H and O–H groups in total. The number of rotatable bonds is 5. The molecule has 1 aliphatic heterocycles. The summed E-state index contributed by atoms with van der Waals surface area (Å²) in [6.45, 7) is 2.79. The molecular formula is C14H17N3O5. The third-order valence-corrected chi connectivity index (χ3v) is 3.47. The second-order valence-electron chi connectivity index (χ2n) is 4.93. The zero-order valence-corrected chi connectivity index (χ0v) is 12.0.